The minimum Gasteiger partial charge on any atom is -0.372 e. The standard InChI is InChI=1S/C17H15ClN4O2/c1-19-15-13-7-6-11(18)9-14(13)22(17(24)21-15)12-5-3-4-10(8-12)16(23)20-2/h3-9H,1-2H3,(H,20,23)(H,19,21,24). The number of anilines is 1. The highest BCUT2D eigenvalue weighted by Crippen LogP contribution is 2.25. The third kappa shape index (κ3) is 2.72. The number of aromatic nitrogens is 2. The Bertz CT molecular complexity index is 998. The van der Waals surface area contributed by atoms with Crippen LogP contribution in [-0.4, -0.2) is 29.6 Å². The summed E-state index contributed by atoms with van der Waals surface area (Å²) in [6.07, 6.45) is 0. The lowest BCUT2D eigenvalue weighted by Crippen LogP contribution is -2.24. The van der Waals surface area contributed by atoms with Crippen LogP contribution in [0.5, 0.6) is 0 Å². The third-order valence-electron chi connectivity index (χ3n) is 3.68. The number of carbonyl (C=O) groups excluding carboxylic acids is 1. The molecule has 0 radical (unpaired) electrons. The van der Waals surface area contributed by atoms with Crippen LogP contribution in [0.4, 0.5) is 5.82 Å². The van der Waals surface area contributed by atoms with Crippen LogP contribution in [0.3, 0.4) is 0 Å². The molecule has 2 N–H and O–H groups in total. The average molecular weight is 343 g/mol. The molecule has 0 saturated heterocycles. The molecule has 3 aromatic rings. The molecular formula is C17H15ClN4O2. The molecule has 2 aromatic carbocycles. The van der Waals surface area contributed by atoms with Crippen LogP contribution < -0.4 is 16.3 Å². The van der Waals surface area contributed by atoms with Crippen LogP contribution in [0.2, 0.25) is 5.02 Å². The van der Waals surface area contributed by atoms with E-state index in [1.807, 2.05) is 0 Å². The largest absolute Gasteiger partial charge is 0.372 e. The molecule has 0 bridgehead atoms. The van der Waals surface area contributed by atoms with Gasteiger partial charge in [-0.2, -0.15) is 4.98 Å². The monoisotopic (exact) mass is 342 g/mol. The Morgan fingerprint density at radius 1 is 1.17 bits per heavy atom. The number of hydrogen-bond donors (Lipinski definition) is 2. The molecule has 3 rings (SSSR count). The van der Waals surface area contributed by atoms with Crippen molar-refractivity contribution in [2.75, 3.05) is 19.4 Å². The van der Waals surface area contributed by atoms with Crippen molar-refractivity contribution in [2.24, 2.45) is 0 Å². The Hall–Kier alpha value is -2.86. The molecule has 0 spiro atoms. The Labute approximate surface area is 143 Å². The van der Waals surface area contributed by atoms with Crippen LogP contribution in [-0.2, 0) is 0 Å². The van der Waals surface area contributed by atoms with Gasteiger partial charge in [-0.3, -0.25) is 9.36 Å². The lowest BCUT2D eigenvalue weighted by atomic mass is 10.1. The molecule has 0 saturated carbocycles. The number of rotatable bonds is 3. The zero-order valence-electron chi connectivity index (χ0n) is 13.1. The summed E-state index contributed by atoms with van der Waals surface area (Å²) < 4.78 is 1.44. The zero-order valence-corrected chi connectivity index (χ0v) is 13.9. The van der Waals surface area contributed by atoms with Crippen LogP contribution in [0.15, 0.2) is 47.3 Å². The molecule has 1 heterocycles. The molecular weight excluding hydrogens is 328 g/mol. The van der Waals surface area contributed by atoms with Crippen molar-refractivity contribution in [1.29, 1.82) is 0 Å². The Morgan fingerprint density at radius 3 is 2.67 bits per heavy atom. The summed E-state index contributed by atoms with van der Waals surface area (Å²) in [7, 11) is 3.26. The van der Waals surface area contributed by atoms with Gasteiger partial charge in [-0.25, -0.2) is 4.79 Å². The van der Waals surface area contributed by atoms with E-state index in [4.69, 9.17) is 11.6 Å². The fourth-order valence-electron chi connectivity index (χ4n) is 2.57. The molecule has 0 fully saturated rings. The second-order valence-electron chi connectivity index (χ2n) is 5.12. The Kier molecular flexibility index (Phi) is 4.22. The van der Waals surface area contributed by atoms with Crippen LogP contribution in [0, 0.1) is 0 Å². The number of halogens is 1. The molecule has 6 nitrogen and oxygen atoms in total. The van der Waals surface area contributed by atoms with E-state index in [-0.39, 0.29) is 5.91 Å². The first-order chi connectivity index (χ1) is 11.5. The van der Waals surface area contributed by atoms with Gasteiger partial charge in [0.25, 0.3) is 5.91 Å². The van der Waals surface area contributed by atoms with Gasteiger partial charge in [0.05, 0.1) is 11.2 Å². The SMILES string of the molecule is CNC(=O)c1cccc(-n2c(=O)nc(NC)c3ccc(Cl)cc32)c1. The molecule has 0 aliphatic rings. The molecule has 122 valence electrons. The number of carbonyl (C=O) groups is 1. The molecule has 1 amide bonds. The van der Waals surface area contributed by atoms with Crippen molar-refractivity contribution in [3.8, 4) is 5.69 Å². The molecule has 0 aliphatic heterocycles. The summed E-state index contributed by atoms with van der Waals surface area (Å²) >= 11 is 6.11. The number of fused-ring (bicyclic) bond motifs is 1. The maximum absolute atomic E-state index is 12.5. The van der Waals surface area contributed by atoms with E-state index in [9.17, 15) is 9.59 Å². The summed E-state index contributed by atoms with van der Waals surface area (Å²) in [4.78, 5) is 28.5. The Morgan fingerprint density at radius 2 is 1.96 bits per heavy atom. The highest BCUT2D eigenvalue weighted by molar-refractivity contribution is 6.31. The lowest BCUT2D eigenvalue weighted by molar-refractivity contribution is 0.0963. The summed E-state index contributed by atoms with van der Waals surface area (Å²) in [6, 6.07) is 12.0. The van der Waals surface area contributed by atoms with Gasteiger partial charge in [0.15, 0.2) is 0 Å². The van der Waals surface area contributed by atoms with E-state index in [0.29, 0.717) is 27.6 Å². The highest BCUT2D eigenvalue weighted by atomic mass is 35.5. The second kappa shape index (κ2) is 6.33. The van der Waals surface area contributed by atoms with E-state index in [0.717, 1.165) is 5.39 Å². The van der Waals surface area contributed by atoms with Crippen LogP contribution >= 0.6 is 11.6 Å². The van der Waals surface area contributed by atoms with Gasteiger partial charge in [-0.05, 0) is 36.4 Å². The summed E-state index contributed by atoms with van der Waals surface area (Å²) in [5.41, 5.74) is 1.15. The normalized spacial score (nSPS) is 10.6. The predicted molar refractivity (Wildman–Crippen MR) is 95.3 cm³/mol. The van der Waals surface area contributed by atoms with Crippen molar-refractivity contribution < 1.29 is 4.79 Å². The summed E-state index contributed by atoms with van der Waals surface area (Å²) in [5, 5.41) is 6.74. The van der Waals surface area contributed by atoms with Crippen LogP contribution in [0.25, 0.3) is 16.6 Å². The quantitative estimate of drug-likeness (QED) is 0.766. The van der Waals surface area contributed by atoms with Crippen molar-refractivity contribution >= 4 is 34.2 Å². The minimum atomic E-state index is -0.455. The summed E-state index contributed by atoms with van der Waals surface area (Å²) in [5.74, 6) is 0.248. The molecule has 24 heavy (non-hydrogen) atoms. The van der Waals surface area contributed by atoms with Gasteiger partial charge in [-0.15, -0.1) is 0 Å². The molecule has 7 heteroatoms. The second-order valence-corrected chi connectivity index (χ2v) is 5.56. The predicted octanol–water partition coefficient (Wildman–Crippen LogP) is 2.44. The number of amides is 1. The van der Waals surface area contributed by atoms with E-state index < -0.39 is 5.69 Å². The molecule has 0 aliphatic carbocycles. The fraction of sp³-hybridized carbons (Fsp3) is 0.118. The van der Waals surface area contributed by atoms with Gasteiger partial charge < -0.3 is 10.6 Å². The first kappa shape index (κ1) is 16.0. The Balaban J connectivity index is 2.34. The van der Waals surface area contributed by atoms with Crippen molar-refractivity contribution in [1.82, 2.24) is 14.9 Å². The smallest absolute Gasteiger partial charge is 0.354 e. The van der Waals surface area contributed by atoms with Gasteiger partial charge in [0.2, 0.25) is 0 Å². The maximum atomic E-state index is 12.5. The minimum absolute atomic E-state index is 0.230. The lowest BCUT2D eigenvalue weighted by Gasteiger charge is -2.13. The number of nitrogens with one attached hydrogen (secondary N) is 2. The summed E-state index contributed by atoms with van der Waals surface area (Å²) in [6.45, 7) is 0. The number of hydrogen-bond acceptors (Lipinski definition) is 4. The first-order valence-electron chi connectivity index (χ1n) is 7.27. The van der Waals surface area contributed by atoms with Crippen molar-refractivity contribution in [2.45, 2.75) is 0 Å². The average Bonchev–Trinajstić information content (AvgIpc) is 2.60. The van der Waals surface area contributed by atoms with E-state index in [2.05, 4.69) is 15.6 Å². The van der Waals surface area contributed by atoms with Gasteiger partial charge in [0.1, 0.15) is 5.82 Å². The first-order valence-corrected chi connectivity index (χ1v) is 7.65. The van der Waals surface area contributed by atoms with E-state index in [1.54, 1.807) is 56.6 Å². The zero-order chi connectivity index (χ0) is 17.3. The highest BCUT2D eigenvalue weighted by Gasteiger charge is 2.13. The third-order valence-corrected chi connectivity index (χ3v) is 3.92. The fourth-order valence-corrected chi connectivity index (χ4v) is 2.74. The number of benzene rings is 2. The van der Waals surface area contributed by atoms with Gasteiger partial charge in [-0.1, -0.05) is 17.7 Å². The molecule has 0 atom stereocenters. The van der Waals surface area contributed by atoms with Gasteiger partial charge in [0, 0.05) is 30.1 Å². The van der Waals surface area contributed by atoms with Crippen molar-refractivity contribution in [3.63, 3.8) is 0 Å². The van der Waals surface area contributed by atoms with Crippen molar-refractivity contribution in [3.05, 3.63) is 63.5 Å². The molecule has 0 unspecified atom stereocenters. The molecule has 1 aromatic heterocycles. The van der Waals surface area contributed by atoms with E-state index >= 15 is 0 Å². The van der Waals surface area contributed by atoms with E-state index in [1.165, 1.54) is 4.57 Å². The van der Waals surface area contributed by atoms with Crippen LogP contribution in [0.1, 0.15) is 10.4 Å². The van der Waals surface area contributed by atoms with Gasteiger partial charge >= 0.3 is 5.69 Å². The number of nitrogens with zero attached hydrogens (tertiary/aromatic N) is 2. The topological polar surface area (TPSA) is 76.0 Å². The maximum Gasteiger partial charge on any atom is 0.354 e.